The largest absolute Gasteiger partial charge is 0.456 e. The number of furan rings is 2. The van der Waals surface area contributed by atoms with Gasteiger partial charge in [-0.05, 0) is 83.6 Å². The molecule has 5 aromatic heterocycles. The van der Waals surface area contributed by atoms with Crippen LogP contribution in [-0.4, -0.2) is 24.1 Å². The third kappa shape index (κ3) is 5.26. The van der Waals surface area contributed by atoms with Gasteiger partial charge in [-0.1, -0.05) is 140 Å². The summed E-state index contributed by atoms with van der Waals surface area (Å²) in [6.07, 6.45) is 0. The first-order valence-corrected chi connectivity index (χ1v) is 22.9. The summed E-state index contributed by atoms with van der Waals surface area (Å²) in [5.74, 6) is 1.65. The second kappa shape index (κ2) is 14.1. The van der Waals surface area contributed by atoms with Crippen LogP contribution in [0.25, 0.3) is 144 Å². The number of nitrogens with zero attached hydrogens (tertiary/aromatic N) is 5. The quantitative estimate of drug-likeness (QED) is 0.172. The molecule has 0 fully saturated rings. The standard InChI is InChI=1S/C61H35N5O2/c1-2-18-38(19-3-1)65-48-27-11-7-21-40(48)55-43(24-14-28-49(55)65)59-62-60(44-25-15-31-54-56(44)41-22-8-12-29-52(41)67-54)64-61(63-59)45-32-33-50(58-57(45)42-23-9-13-30-53(42)68-58)66-47-26-10-6-20-39(47)46-34-36-16-4-5-17-37(36)35-51(46)66/h1-35H. The van der Waals surface area contributed by atoms with Gasteiger partial charge in [-0.2, -0.15) is 0 Å². The predicted molar refractivity (Wildman–Crippen MR) is 277 cm³/mol. The maximum atomic E-state index is 7.02. The molecule has 7 heteroatoms. The maximum absolute atomic E-state index is 7.02. The summed E-state index contributed by atoms with van der Waals surface area (Å²) >= 11 is 0. The molecule has 7 nitrogen and oxygen atoms in total. The molecule has 68 heavy (non-hydrogen) atoms. The Bertz CT molecular complexity index is 4570. The lowest BCUT2D eigenvalue weighted by molar-refractivity contribution is 0.666. The molecule has 10 aromatic carbocycles. The molecule has 0 unspecified atom stereocenters. The van der Waals surface area contributed by atoms with Gasteiger partial charge in [0.1, 0.15) is 16.7 Å². The molecule has 0 spiro atoms. The van der Waals surface area contributed by atoms with Crippen molar-refractivity contribution in [3.8, 4) is 45.5 Å². The molecule has 0 aliphatic heterocycles. The van der Waals surface area contributed by atoms with Crippen LogP contribution in [0.15, 0.2) is 221 Å². The lowest BCUT2D eigenvalue weighted by Gasteiger charge is -2.13. The SMILES string of the molecule is c1ccc(-n2c3ccccc3c3c(-c4nc(-c5cccc6oc7ccccc7c56)nc(-c5ccc(-n6c7ccccc7c7cc8ccccc8cc76)c6oc7ccccc7c56)n4)cccc32)cc1. The van der Waals surface area contributed by atoms with Crippen LogP contribution >= 0.6 is 0 Å². The van der Waals surface area contributed by atoms with E-state index in [-0.39, 0.29) is 0 Å². The summed E-state index contributed by atoms with van der Waals surface area (Å²) in [5.41, 5.74) is 12.1. The molecular formula is C61H35N5O2. The van der Waals surface area contributed by atoms with Gasteiger partial charge in [-0.3, -0.25) is 0 Å². The molecule has 316 valence electrons. The van der Waals surface area contributed by atoms with Crippen LogP contribution in [0.4, 0.5) is 0 Å². The summed E-state index contributed by atoms with van der Waals surface area (Å²) in [5, 5.41) is 10.8. The average Bonchev–Trinajstić information content (AvgIpc) is 4.16. The topological polar surface area (TPSA) is 74.8 Å². The Kier molecular flexibility index (Phi) is 7.65. The lowest BCUT2D eigenvalue weighted by atomic mass is 10.0. The van der Waals surface area contributed by atoms with E-state index in [1.54, 1.807) is 0 Å². The van der Waals surface area contributed by atoms with Gasteiger partial charge in [0.15, 0.2) is 23.1 Å². The van der Waals surface area contributed by atoms with Crippen molar-refractivity contribution >= 4 is 98.3 Å². The fraction of sp³-hybridized carbons (Fsp3) is 0. The minimum Gasteiger partial charge on any atom is -0.456 e. The van der Waals surface area contributed by atoms with Gasteiger partial charge in [0.25, 0.3) is 0 Å². The van der Waals surface area contributed by atoms with Crippen molar-refractivity contribution in [1.29, 1.82) is 0 Å². The summed E-state index contributed by atoms with van der Waals surface area (Å²) in [6, 6.07) is 74.2. The molecule has 0 radical (unpaired) electrons. The summed E-state index contributed by atoms with van der Waals surface area (Å²) in [6.45, 7) is 0. The Balaban J connectivity index is 1.05. The number of aromatic nitrogens is 5. The first kappa shape index (κ1) is 36.9. The highest BCUT2D eigenvalue weighted by Crippen LogP contribution is 2.45. The van der Waals surface area contributed by atoms with Gasteiger partial charge in [-0.15, -0.1) is 0 Å². The monoisotopic (exact) mass is 869 g/mol. The smallest absolute Gasteiger partial charge is 0.164 e. The van der Waals surface area contributed by atoms with Crippen molar-refractivity contribution in [3.63, 3.8) is 0 Å². The summed E-state index contributed by atoms with van der Waals surface area (Å²) in [4.78, 5) is 16.5. The predicted octanol–water partition coefficient (Wildman–Crippen LogP) is 16.0. The Labute approximate surface area is 387 Å². The molecule has 5 heterocycles. The van der Waals surface area contributed by atoms with E-state index >= 15 is 0 Å². The van der Waals surface area contributed by atoms with Crippen molar-refractivity contribution < 1.29 is 8.83 Å². The summed E-state index contributed by atoms with van der Waals surface area (Å²) in [7, 11) is 0. The first-order chi connectivity index (χ1) is 33.7. The van der Waals surface area contributed by atoms with Crippen molar-refractivity contribution in [1.82, 2.24) is 24.1 Å². The third-order valence-electron chi connectivity index (χ3n) is 13.8. The highest BCUT2D eigenvalue weighted by molar-refractivity contribution is 6.19. The normalized spacial score (nSPS) is 12.1. The van der Waals surface area contributed by atoms with E-state index in [1.807, 2.05) is 42.5 Å². The van der Waals surface area contributed by atoms with Gasteiger partial charge >= 0.3 is 0 Å². The molecule has 0 amide bonds. The highest BCUT2D eigenvalue weighted by atomic mass is 16.3. The van der Waals surface area contributed by atoms with E-state index in [0.29, 0.717) is 17.5 Å². The van der Waals surface area contributed by atoms with Crippen molar-refractivity contribution in [2.24, 2.45) is 0 Å². The molecule has 0 aliphatic rings. The number of hydrogen-bond donors (Lipinski definition) is 0. The van der Waals surface area contributed by atoms with Gasteiger partial charge in [0, 0.05) is 65.5 Å². The van der Waals surface area contributed by atoms with E-state index in [2.05, 4.69) is 179 Å². The van der Waals surface area contributed by atoms with Crippen LogP contribution in [0.1, 0.15) is 0 Å². The van der Waals surface area contributed by atoms with Crippen LogP contribution in [-0.2, 0) is 0 Å². The summed E-state index contributed by atoms with van der Waals surface area (Å²) < 4.78 is 18.1. The number of fused-ring (bicyclic) bond motifs is 13. The van der Waals surface area contributed by atoms with Crippen molar-refractivity contribution in [2.75, 3.05) is 0 Å². The minimum absolute atomic E-state index is 0.537. The van der Waals surface area contributed by atoms with Crippen molar-refractivity contribution in [2.45, 2.75) is 0 Å². The number of rotatable bonds is 5. The fourth-order valence-electron chi connectivity index (χ4n) is 10.9. The molecule has 0 aliphatic carbocycles. The molecule has 0 atom stereocenters. The average molecular weight is 870 g/mol. The minimum atomic E-state index is 0.537. The molecule has 0 N–H and O–H groups in total. The van der Waals surface area contributed by atoms with Crippen LogP contribution in [0.2, 0.25) is 0 Å². The first-order valence-electron chi connectivity index (χ1n) is 22.9. The highest BCUT2D eigenvalue weighted by Gasteiger charge is 2.25. The lowest BCUT2D eigenvalue weighted by Crippen LogP contribution is -2.02. The molecule has 0 saturated heterocycles. The third-order valence-corrected chi connectivity index (χ3v) is 13.8. The number of benzene rings is 10. The van der Waals surface area contributed by atoms with Crippen LogP contribution in [0.5, 0.6) is 0 Å². The fourth-order valence-corrected chi connectivity index (χ4v) is 10.9. The molecule has 0 bridgehead atoms. The van der Waals surface area contributed by atoms with Crippen LogP contribution < -0.4 is 0 Å². The second-order valence-corrected chi connectivity index (χ2v) is 17.5. The zero-order chi connectivity index (χ0) is 44.5. The van der Waals surface area contributed by atoms with Gasteiger partial charge < -0.3 is 18.0 Å². The van der Waals surface area contributed by atoms with E-state index < -0.39 is 0 Å². The van der Waals surface area contributed by atoms with E-state index in [1.165, 1.54) is 21.5 Å². The zero-order valence-electron chi connectivity index (χ0n) is 36.3. The Hall–Kier alpha value is -9.33. The molecule has 15 aromatic rings. The Morgan fingerprint density at radius 2 is 0.838 bits per heavy atom. The van der Waals surface area contributed by atoms with E-state index in [9.17, 15) is 0 Å². The Morgan fingerprint density at radius 3 is 1.59 bits per heavy atom. The second-order valence-electron chi connectivity index (χ2n) is 17.5. The van der Waals surface area contributed by atoms with E-state index in [0.717, 1.165) is 105 Å². The van der Waals surface area contributed by atoms with Gasteiger partial charge in [0.05, 0.1) is 27.8 Å². The molecule has 15 rings (SSSR count). The van der Waals surface area contributed by atoms with Crippen LogP contribution in [0.3, 0.4) is 0 Å². The number of para-hydroxylation sites is 5. The molecular weight excluding hydrogens is 835 g/mol. The maximum Gasteiger partial charge on any atom is 0.164 e. The van der Waals surface area contributed by atoms with Gasteiger partial charge in [-0.25, -0.2) is 15.0 Å². The Morgan fingerprint density at radius 1 is 0.309 bits per heavy atom. The van der Waals surface area contributed by atoms with E-state index in [4.69, 9.17) is 23.8 Å². The molecule has 0 saturated carbocycles. The zero-order valence-corrected chi connectivity index (χ0v) is 36.3. The van der Waals surface area contributed by atoms with Crippen molar-refractivity contribution in [3.05, 3.63) is 212 Å². The van der Waals surface area contributed by atoms with Gasteiger partial charge in [0.2, 0.25) is 0 Å². The number of hydrogen-bond acceptors (Lipinski definition) is 5. The van der Waals surface area contributed by atoms with Crippen LogP contribution in [0, 0.1) is 0 Å².